The molecule has 6 rings (SSSR count). The Bertz CT molecular complexity index is 1600. The van der Waals surface area contributed by atoms with E-state index in [0.717, 1.165) is 30.3 Å². The van der Waals surface area contributed by atoms with Gasteiger partial charge in [0.1, 0.15) is 17.7 Å². The minimum atomic E-state index is -4.53. The first kappa shape index (κ1) is 28.8. The van der Waals surface area contributed by atoms with Gasteiger partial charge in [-0.3, -0.25) is 0 Å². The average molecular weight is 596 g/mol. The van der Waals surface area contributed by atoms with Crippen LogP contribution >= 0.6 is 0 Å². The van der Waals surface area contributed by atoms with Crippen LogP contribution in [0.2, 0.25) is 0 Å². The van der Waals surface area contributed by atoms with Gasteiger partial charge in [0, 0.05) is 30.3 Å². The standard InChI is InChI=1S/C30H32F3N7O3/c1-17(2)40-14-23(30(31,32)33)37-27(40)20-9-5-18(6-10-20)21-15-43-12-11-39(21)28-22(41-3)13-34-26(38-28)24-25(19-7-8-19)35-16-36-29(24)42-4/h5-6,9-10,13-14,16-17,19,21H,7-8,11-12,15H2,1-4H3. The number of methoxy groups -OCH3 is 2. The quantitative estimate of drug-likeness (QED) is 0.248. The smallest absolute Gasteiger partial charge is 0.434 e. The first-order valence-corrected chi connectivity index (χ1v) is 14.1. The van der Waals surface area contributed by atoms with E-state index in [-0.39, 0.29) is 17.9 Å². The fourth-order valence-electron chi connectivity index (χ4n) is 5.37. The number of nitrogens with zero attached hydrogens (tertiary/aromatic N) is 7. The lowest BCUT2D eigenvalue weighted by molar-refractivity contribution is -0.140. The van der Waals surface area contributed by atoms with Gasteiger partial charge in [0.2, 0.25) is 5.88 Å². The third kappa shape index (κ3) is 5.61. The lowest BCUT2D eigenvalue weighted by Crippen LogP contribution is -2.40. The predicted octanol–water partition coefficient (Wildman–Crippen LogP) is 5.87. The van der Waals surface area contributed by atoms with Gasteiger partial charge in [-0.1, -0.05) is 24.3 Å². The summed E-state index contributed by atoms with van der Waals surface area (Å²) in [5.74, 6) is 2.51. The third-order valence-electron chi connectivity index (χ3n) is 7.71. The molecule has 1 aromatic carbocycles. The van der Waals surface area contributed by atoms with Crippen molar-refractivity contribution in [2.24, 2.45) is 0 Å². The van der Waals surface area contributed by atoms with Crippen molar-refractivity contribution in [3.63, 3.8) is 0 Å². The van der Waals surface area contributed by atoms with Crippen LogP contribution in [0.25, 0.3) is 22.8 Å². The second kappa shape index (κ2) is 11.4. The van der Waals surface area contributed by atoms with Gasteiger partial charge in [0.25, 0.3) is 0 Å². The number of anilines is 1. The van der Waals surface area contributed by atoms with Gasteiger partial charge in [-0.2, -0.15) is 13.2 Å². The third-order valence-corrected chi connectivity index (χ3v) is 7.71. The first-order chi connectivity index (χ1) is 20.7. The lowest BCUT2D eigenvalue weighted by atomic mass is 10.0. The number of hydrogen-bond acceptors (Lipinski definition) is 9. The van der Waals surface area contributed by atoms with Gasteiger partial charge in [0.15, 0.2) is 23.1 Å². The molecule has 0 bridgehead atoms. The maximum absolute atomic E-state index is 13.4. The van der Waals surface area contributed by atoms with E-state index in [4.69, 9.17) is 19.2 Å². The lowest BCUT2D eigenvalue weighted by Gasteiger charge is -2.37. The second-order valence-corrected chi connectivity index (χ2v) is 10.9. The van der Waals surface area contributed by atoms with Crippen LogP contribution in [0.4, 0.5) is 19.0 Å². The molecule has 1 saturated carbocycles. The topological polar surface area (TPSA) is 100 Å². The molecule has 1 unspecified atom stereocenters. The summed E-state index contributed by atoms with van der Waals surface area (Å²) < 4.78 is 59.0. The molecule has 4 heterocycles. The molecule has 1 aliphatic heterocycles. The zero-order chi connectivity index (χ0) is 30.3. The van der Waals surface area contributed by atoms with Crippen molar-refractivity contribution < 1.29 is 27.4 Å². The van der Waals surface area contributed by atoms with Crippen molar-refractivity contribution in [2.75, 3.05) is 38.9 Å². The van der Waals surface area contributed by atoms with Gasteiger partial charge >= 0.3 is 6.18 Å². The Hall–Kier alpha value is -4.26. The maximum Gasteiger partial charge on any atom is 0.434 e. The zero-order valence-electron chi connectivity index (χ0n) is 24.3. The highest BCUT2D eigenvalue weighted by molar-refractivity contribution is 5.69. The Morgan fingerprint density at radius 2 is 1.77 bits per heavy atom. The molecule has 0 radical (unpaired) electrons. The summed E-state index contributed by atoms with van der Waals surface area (Å²) in [5, 5.41) is 0. The van der Waals surface area contributed by atoms with E-state index in [0.29, 0.717) is 60.1 Å². The Labute approximate surface area is 246 Å². The predicted molar refractivity (Wildman–Crippen MR) is 152 cm³/mol. The molecular weight excluding hydrogens is 563 g/mol. The molecule has 13 heteroatoms. The molecule has 2 fully saturated rings. The molecule has 4 aromatic rings. The van der Waals surface area contributed by atoms with Crippen molar-refractivity contribution in [3.05, 3.63) is 59.9 Å². The number of aromatic nitrogens is 6. The SMILES string of the molecule is COc1cnc(-c2c(OC)ncnc2C2CC2)nc1N1CCOCC1c1ccc(-c2nc(C(F)(F)F)cn2C(C)C)cc1. The molecule has 1 aliphatic carbocycles. The minimum absolute atomic E-state index is 0.200. The second-order valence-electron chi connectivity index (χ2n) is 10.9. The number of rotatable bonds is 8. The fraction of sp³-hybridized carbons (Fsp3) is 0.433. The molecule has 0 N–H and O–H groups in total. The van der Waals surface area contributed by atoms with E-state index in [1.54, 1.807) is 37.1 Å². The summed E-state index contributed by atoms with van der Waals surface area (Å²) in [5.41, 5.74) is 2.12. The Morgan fingerprint density at radius 1 is 1.00 bits per heavy atom. The van der Waals surface area contributed by atoms with Crippen molar-refractivity contribution in [3.8, 4) is 34.4 Å². The van der Waals surface area contributed by atoms with Gasteiger partial charge < -0.3 is 23.7 Å². The maximum atomic E-state index is 13.4. The zero-order valence-corrected chi connectivity index (χ0v) is 24.3. The average Bonchev–Trinajstić information content (AvgIpc) is 3.76. The molecule has 3 aromatic heterocycles. The summed E-state index contributed by atoms with van der Waals surface area (Å²) in [6, 6.07) is 6.92. The molecular formula is C30H32F3N7O3. The van der Waals surface area contributed by atoms with Crippen molar-refractivity contribution in [2.45, 2.75) is 50.9 Å². The Morgan fingerprint density at radius 3 is 2.42 bits per heavy atom. The van der Waals surface area contributed by atoms with E-state index in [1.165, 1.54) is 6.33 Å². The number of benzene rings is 1. The number of imidazole rings is 1. The van der Waals surface area contributed by atoms with Crippen LogP contribution in [0.1, 0.15) is 61.6 Å². The molecule has 1 atom stereocenters. The Kier molecular flexibility index (Phi) is 7.67. The molecule has 0 amide bonds. The monoisotopic (exact) mass is 595 g/mol. The van der Waals surface area contributed by atoms with E-state index in [9.17, 15) is 13.2 Å². The minimum Gasteiger partial charge on any atom is -0.491 e. The number of halogens is 3. The summed E-state index contributed by atoms with van der Waals surface area (Å²) in [6.07, 6.45) is 1.74. The van der Waals surface area contributed by atoms with Crippen LogP contribution in [0.3, 0.4) is 0 Å². The van der Waals surface area contributed by atoms with E-state index in [1.807, 2.05) is 26.0 Å². The van der Waals surface area contributed by atoms with Crippen molar-refractivity contribution in [1.29, 1.82) is 0 Å². The van der Waals surface area contributed by atoms with Crippen LogP contribution in [0.5, 0.6) is 11.6 Å². The molecule has 1 saturated heterocycles. The van der Waals surface area contributed by atoms with E-state index in [2.05, 4.69) is 24.8 Å². The molecule has 226 valence electrons. The molecule has 10 nitrogen and oxygen atoms in total. The molecule has 43 heavy (non-hydrogen) atoms. The van der Waals surface area contributed by atoms with Crippen LogP contribution < -0.4 is 14.4 Å². The number of hydrogen-bond donors (Lipinski definition) is 0. The van der Waals surface area contributed by atoms with Crippen molar-refractivity contribution >= 4 is 5.82 Å². The normalized spacial score (nSPS) is 17.4. The summed E-state index contributed by atoms with van der Waals surface area (Å²) in [7, 11) is 3.13. The van der Waals surface area contributed by atoms with Gasteiger partial charge in [-0.05, 0) is 32.3 Å². The number of ether oxygens (including phenoxy) is 3. The summed E-state index contributed by atoms with van der Waals surface area (Å²) >= 11 is 0. The summed E-state index contributed by atoms with van der Waals surface area (Å²) in [4.78, 5) is 24.4. The van der Waals surface area contributed by atoms with Crippen LogP contribution in [0.15, 0.2) is 43.0 Å². The van der Waals surface area contributed by atoms with Gasteiger partial charge in [0.05, 0.1) is 45.4 Å². The van der Waals surface area contributed by atoms with Crippen LogP contribution in [0, 0.1) is 0 Å². The first-order valence-electron chi connectivity index (χ1n) is 14.1. The Balaban J connectivity index is 1.37. The molecule has 2 aliphatic rings. The van der Waals surface area contributed by atoms with Gasteiger partial charge in [-0.25, -0.2) is 24.9 Å². The van der Waals surface area contributed by atoms with E-state index >= 15 is 0 Å². The number of morpholine rings is 1. The van der Waals surface area contributed by atoms with Crippen LogP contribution in [-0.2, 0) is 10.9 Å². The van der Waals surface area contributed by atoms with Gasteiger partial charge in [-0.15, -0.1) is 0 Å². The summed E-state index contributed by atoms with van der Waals surface area (Å²) in [6.45, 7) is 5.04. The molecule has 0 spiro atoms. The fourth-order valence-corrected chi connectivity index (χ4v) is 5.37. The highest BCUT2D eigenvalue weighted by atomic mass is 19.4. The van der Waals surface area contributed by atoms with Crippen molar-refractivity contribution in [1.82, 2.24) is 29.5 Å². The highest BCUT2D eigenvalue weighted by Gasteiger charge is 2.36. The number of alkyl halides is 3. The largest absolute Gasteiger partial charge is 0.491 e. The van der Waals surface area contributed by atoms with E-state index < -0.39 is 11.9 Å². The van der Waals surface area contributed by atoms with Crippen LogP contribution in [-0.4, -0.2) is 63.5 Å². The highest BCUT2D eigenvalue weighted by Crippen LogP contribution is 2.46.